The molecule has 2 aromatic rings. The van der Waals surface area contributed by atoms with E-state index in [1.54, 1.807) is 0 Å². The molecule has 14 heteroatoms. The standard InChI is InChI=1S/C23H26Cl2N6O5S/c24-17-2-1-3-18(25)22(17)37(35,36)31(13-19(26)32)14-21(34)30-12-20(33)27-9-8-15-4-6-16(7-5-15)23-28-10-11-29-23/h1-7H,8-14H2,(H2,26,32)(H,27,33)(H,28,29)(H,30,34). The molecule has 0 saturated carbocycles. The molecule has 1 aliphatic rings. The first-order chi connectivity index (χ1) is 17.6. The normalized spacial score (nSPS) is 13.1. The number of aliphatic imine (C=N–C) groups is 1. The Labute approximate surface area is 224 Å². The van der Waals surface area contributed by atoms with E-state index in [4.69, 9.17) is 28.9 Å². The van der Waals surface area contributed by atoms with E-state index in [9.17, 15) is 22.8 Å². The lowest BCUT2D eigenvalue weighted by Gasteiger charge is -2.21. The maximum absolute atomic E-state index is 13.0. The summed E-state index contributed by atoms with van der Waals surface area (Å²) in [5.41, 5.74) is 7.18. The SMILES string of the molecule is NC(=O)CN(CC(=O)NCC(=O)NCCc1ccc(C2=NCCN2)cc1)S(=O)(=O)c1c(Cl)cccc1Cl. The van der Waals surface area contributed by atoms with Gasteiger partial charge in [0.2, 0.25) is 27.7 Å². The van der Waals surface area contributed by atoms with Gasteiger partial charge < -0.3 is 21.7 Å². The number of nitrogens with zero attached hydrogens (tertiary/aromatic N) is 2. The van der Waals surface area contributed by atoms with Crippen molar-refractivity contribution < 1.29 is 22.8 Å². The van der Waals surface area contributed by atoms with Crippen molar-refractivity contribution >= 4 is 56.8 Å². The van der Waals surface area contributed by atoms with E-state index in [1.807, 2.05) is 24.3 Å². The van der Waals surface area contributed by atoms with Crippen molar-refractivity contribution in [2.24, 2.45) is 10.7 Å². The van der Waals surface area contributed by atoms with E-state index in [-0.39, 0.29) is 16.6 Å². The number of halogens is 2. The average Bonchev–Trinajstić information content (AvgIpc) is 3.37. The first-order valence-corrected chi connectivity index (χ1v) is 13.4. The fraction of sp³-hybridized carbons (Fsp3) is 0.304. The highest BCUT2D eigenvalue weighted by atomic mass is 35.5. The first kappa shape index (κ1) is 28.4. The van der Waals surface area contributed by atoms with Crippen LogP contribution in [0.5, 0.6) is 0 Å². The Morgan fingerprint density at radius 3 is 2.27 bits per heavy atom. The topological polar surface area (TPSA) is 163 Å². The van der Waals surface area contributed by atoms with E-state index < -0.39 is 45.7 Å². The molecule has 0 atom stereocenters. The van der Waals surface area contributed by atoms with E-state index in [1.165, 1.54) is 18.2 Å². The first-order valence-electron chi connectivity index (χ1n) is 11.2. The van der Waals surface area contributed by atoms with Gasteiger partial charge in [-0.3, -0.25) is 19.4 Å². The third-order valence-corrected chi connectivity index (χ3v) is 8.00. The molecule has 2 aromatic carbocycles. The maximum atomic E-state index is 13.0. The summed E-state index contributed by atoms with van der Waals surface area (Å²) in [5, 5.41) is 7.86. The Hall–Kier alpha value is -3.19. The van der Waals surface area contributed by atoms with Gasteiger partial charge in [0.05, 0.1) is 36.2 Å². The van der Waals surface area contributed by atoms with E-state index in [2.05, 4.69) is 20.9 Å². The minimum Gasteiger partial charge on any atom is -0.369 e. The number of sulfonamides is 1. The van der Waals surface area contributed by atoms with E-state index >= 15 is 0 Å². The zero-order chi connectivity index (χ0) is 27.0. The largest absolute Gasteiger partial charge is 0.369 e. The van der Waals surface area contributed by atoms with Gasteiger partial charge in [-0.05, 0) is 24.1 Å². The monoisotopic (exact) mass is 568 g/mol. The molecule has 0 aromatic heterocycles. The van der Waals surface area contributed by atoms with Crippen LogP contribution in [0.4, 0.5) is 0 Å². The Kier molecular flexibility index (Phi) is 9.86. The van der Waals surface area contributed by atoms with Crippen molar-refractivity contribution in [3.8, 4) is 0 Å². The molecule has 0 spiro atoms. The lowest BCUT2D eigenvalue weighted by molar-refractivity contribution is -0.126. The van der Waals surface area contributed by atoms with Crippen LogP contribution in [-0.2, 0) is 30.8 Å². The quantitative estimate of drug-likeness (QED) is 0.287. The van der Waals surface area contributed by atoms with Crippen LogP contribution < -0.4 is 21.7 Å². The van der Waals surface area contributed by atoms with Gasteiger partial charge in [0.25, 0.3) is 0 Å². The Bertz CT molecular complexity index is 1280. The van der Waals surface area contributed by atoms with Crippen molar-refractivity contribution in [3.05, 3.63) is 63.6 Å². The van der Waals surface area contributed by atoms with E-state index in [0.717, 1.165) is 30.1 Å². The second-order valence-electron chi connectivity index (χ2n) is 8.02. The van der Waals surface area contributed by atoms with E-state index in [0.29, 0.717) is 17.3 Å². The maximum Gasteiger partial charge on any atom is 0.246 e. The summed E-state index contributed by atoms with van der Waals surface area (Å²) in [7, 11) is -4.45. The predicted molar refractivity (Wildman–Crippen MR) is 140 cm³/mol. The molecule has 3 rings (SSSR count). The van der Waals surface area contributed by atoms with Crippen molar-refractivity contribution in [1.29, 1.82) is 0 Å². The second-order valence-corrected chi connectivity index (χ2v) is 10.7. The molecule has 0 saturated heterocycles. The number of carbonyl (C=O) groups is 3. The number of nitrogens with two attached hydrogens (primary N) is 1. The minimum atomic E-state index is -4.45. The van der Waals surface area contributed by atoms with Crippen LogP contribution in [0.2, 0.25) is 10.0 Å². The zero-order valence-corrected chi connectivity index (χ0v) is 22.0. The molecule has 1 aliphatic heterocycles. The van der Waals surface area contributed by atoms with Gasteiger partial charge in [-0.25, -0.2) is 8.42 Å². The zero-order valence-electron chi connectivity index (χ0n) is 19.7. The van der Waals surface area contributed by atoms with Crippen molar-refractivity contribution in [2.75, 3.05) is 39.3 Å². The van der Waals surface area contributed by atoms with Crippen molar-refractivity contribution in [1.82, 2.24) is 20.3 Å². The lowest BCUT2D eigenvalue weighted by Crippen LogP contribution is -2.46. The highest BCUT2D eigenvalue weighted by molar-refractivity contribution is 7.89. The Balaban J connectivity index is 1.49. The fourth-order valence-electron chi connectivity index (χ4n) is 3.48. The predicted octanol–water partition coefficient (Wildman–Crippen LogP) is 0.294. The lowest BCUT2D eigenvalue weighted by atomic mass is 10.1. The molecule has 0 aliphatic carbocycles. The summed E-state index contributed by atoms with van der Waals surface area (Å²) in [4.78, 5) is 39.9. The van der Waals surface area contributed by atoms with Crippen molar-refractivity contribution in [2.45, 2.75) is 11.3 Å². The fourth-order valence-corrected chi connectivity index (χ4v) is 5.94. The van der Waals surface area contributed by atoms with Crippen molar-refractivity contribution in [3.63, 3.8) is 0 Å². The van der Waals surface area contributed by atoms with Gasteiger partial charge in [-0.2, -0.15) is 4.31 Å². The molecule has 0 fully saturated rings. The highest BCUT2D eigenvalue weighted by Crippen LogP contribution is 2.31. The van der Waals surface area contributed by atoms with Gasteiger partial charge in [0.15, 0.2) is 0 Å². The van der Waals surface area contributed by atoms with Gasteiger partial charge >= 0.3 is 0 Å². The molecule has 5 N–H and O–H groups in total. The van der Waals surface area contributed by atoms with Crippen LogP contribution in [0.3, 0.4) is 0 Å². The number of nitrogens with one attached hydrogen (secondary N) is 3. The molecular formula is C23H26Cl2N6O5S. The third kappa shape index (κ3) is 7.89. The number of amidine groups is 1. The second kappa shape index (κ2) is 12.9. The molecule has 0 bridgehead atoms. The van der Waals surface area contributed by atoms with Gasteiger partial charge in [0.1, 0.15) is 10.7 Å². The number of hydrogen-bond donors (Lipinski definition) is 4. The molecule has 0 unspecified atom stereocenters. The Morgan fingerprint density at radius 1 is 1.00 bits per heavy atom. The summed E-state index contributed by atoms with van der Waals surface area (Å²) < 4.78 is 26.6. The summed E-state index contributed by atoms with van der Waals surface area (Å²) in [6.07, 6.45) is 0.573. The van der Waals surface area contributed by atoms with Crippen LogP contribution in [0.1, 0.15) is 11.1 Å². The number of carbonyl (C=O) groups excluding carboxylic acids is 3. The molecule has 0 radical (unpaired) electrons. The summed E-state index contributed by atoms with van der Waals surface area (Å²) in [6.45, 7) is -0.0257. The molecule has 198 valence electrons. The van der Waals surface area contributed by atoms with Crippen LogP contribution in [0.25, 0.3) is 0 Å². The summed E-state index contributed by atoms with van der Waals surface area (Å²) >= 11 is 12.0. The highest BCUT2D eigenvalue weighted by Gasteiger charge is 2.32. The molecule has 11 nitrogen and oxygen atoms in total. The minimum absolute atomic E-state index is 0.180. The van der Waals surface area contributed by atoms with Gasteiger partial charge in [0, 0.05) is 18.7 Å². The number of benzene rings is 2. The summed E-state index contributed by atoms with van der Waals surface area (Å²) in [5.74, 6) is -1.40. The molecule has 3 amide bonds. The molecular weight excluding hydrogens is 543 g/mol. The molecule has 1 heterocycles. The number of primary amides is 1. The van der Waals surface area contributed by atoms with Gasteiger partial charge in [-0.15, -0.1) is 0 Å². The van der Waals surface area contributed by atoms with Crippen LogP contribution in [-0.4, -0.2) is 75.5 Å². The average molecular weight is 569 g/mol. The third-order valence-electron chi connectivity index (χ3n) is 5.25. The Morgan fingerprint density at radius 2 is 1.68 bits per heavy atom. The van der Waals surface area contributed by atoms with Crippen LogP contribution in [0.15, 0.2) is 52.4 Å². The van der Waals surface area contributed by atoms with Crippen LogP contribution >= 0.6 is 23.2 Å². The van der Waals surface area contributed by atoms with Crippen LogP contribution in [0, 0.1) is 0 Å². The summed E-state index contributed by atoms with van der Waals surface area (Å²) in [6, 6.07) is 11.9. The smallest absolute Gasteiger partial charge is 0.246 e. The van der Waals surface area contributed by atoms with Gasteiger partial charge in [-0.1, -0.05) is 53.5 Å². The number of hydrogen-bond acceptors (Lipinski definition) is 7. The molecule has 37 heavy (non-hydrogen) atoms. The number of amides is 3. The number of rotatable bonds is 12.